The fourth-order valence-electron chi connectivity index (χ4n) is 1.16. The molecule has 0 amide bonds. The van der Waals surface area contributed by atoms with Gasteiger partial charge in [0.1, 0.15) is 0 Å². The van der Waals surface area contributed by atoms with E-state index < -0.39 is 47.4 Å². The predicted octanol–water partition coefficient (Wildman–Crippen LogP) is 6.36. The summed E-state index contributed by atoms with van der Waals surface area (Å²) < 4.78 is 212. The van der Waals surface area contributed by atoms with Gasteiger partial charge in [0.25, 0.3) is 0 Å². The van der Waals surface area contributed by atoms with E-state index in [9.17, 15) is 74.6 Å². The van der Waals surface area contributed by atoms with Gasteiger partial charge in [-0.3, -0.25) is 0 Å². The van der Waals surface area contributed by atoms with Gasteiger partial charge in [-0.15, -0.1) is 0 Å². The Labute approximate surface area is 132 Å². The van der Waals surface area contributed by atoms with Crippen LogP contribution in [-0.2, 0) is 0 Å². The first-order chi connectivity index (χ1) is 10.8. The van der Waals surface area contributed by atoms with Crippen LogP contribution in [0.1, 0.15) is 0 Å². The second-order valence-corrected chi connectivity index (χ2v) is 5.05. The maximum absolute atomic E-state index is 12.9. The maximum atomic E-state index is 12.9. The van der Waals surface area contributed by atoms with Gasteiger partial charge < -0.3 is 0 Å². The Balaban J connectivity index is 6.61. The smallest absolute Gasteiger partial charge is 0.194 e. The normalized spacial score (nSPS) is 16.8. The molecule has 0 N–H and O–H groups in total. The third kappa shape index (κ3) is 2.97. The van der Waals surface area contributed by atoms with Crippen LogP contribution in [0, 0.1) is 0 Å². The zero-order valence-corrected chi connectivity index (χ0v) is 11.8. The van der Waals surface area contributed by atoms with Crippen LogP contribution < -0.4 is 0 Å². The lowest BCUT2D eigenvalue weighted by atomic mass is 9.91. The summed E-state index contributed by atoms with van der Waals surface area (Å²) in [6, 6.07) is 0. The molecule has 26 heavy (non-hydrogen) atoms. The van der Waals surface area contributed by atoms with E-state index in [1.165, 1.54) is 9.24 Å². The van der Waals surface area contributed by atoms with Gasteiger partial charge in [0.2, 0.25) is 0 Å². The molecule has 0 aromatic carbocycles. The molecule has 18 heteroatoms. The molecule has 0 fully saturated rings. The summed E-state index contributed by atoms with van der Waals surface area (Å²) in [4.78, 5) is 0. The van der Waals surface area contributed by atoms with Gasteiger partial charge in [-0.1, -0.05) is 0 Å². The Morgan fingerprint density at radius 2 is 0.500 bits per heavy atom. The lowest BCUT2D eigenvalue weighted by Gasteiger charge is -2.42. The maximum Gasteiger partial charge on any atom is 0.460 e. The van der Waals surface area contributed by atoms with Crippen molar-refractivity contribution in [1.82, 2.24) is 0 Å². The molecule has 0 rings (SSSR count). The van der Waals surface area contributed by atoms with Crippen molar-refractivity contribution in [2.24, 2.45) is 0 Å². The van der Waals surface area contributed by atoms with Crippen LogP contribution >= 0.6 is 9.24 Å². The topological polar surface area (TPSA) is 0 Å². The van der Waals surface area contributed by atoms with Gasteiger partial charge >= 0.3 is 47.4 Å². The molecular weight excluding hydrogens is 450 g/mol. The van der Waals surface area contributed by atoms with Crippen molar-refractivity contribution in [3.05, 3.63) is 0 Å². The van der Waals surface area contributed by atoms with E-state index in [1.807, 2.05) is 0 Å². The van der Waals surface area contributed by atoms with E-state index in [0.717, 1.165) is 0 Å². The van der Waals surface area contributed by atoms with Crippen LogP contribution in [0.3, 0.4) is 0 Å². The SMILES string of the molecule is FC(F)(F)C(F)(F)C(F)(F)C(F)(F)C(F)(F)C(F)(F)C(F)(F)C(F)(F)[P]. The molecule has 0 nitrogen and oxygen atoms in total. The minimum Gasteiger partial charge on any atom is -0.194 e. The van der Waals surface area contributed by atoms with Gasteiger partial charge in [-0.25, -0.2) is 0 Å². The summed E-state index contributed by atoms with van der Waals surface area (Å²) in [5.41, 5.74) is -6.61. The lowest BCUT2D eigenvalue weighted by molar-refractivity contribution is -0.458. The molecule has 0 aliphatic carbocycles. The van der Waals surface area contributed by atoms with Crippen LogP contribution in [0.15, 0.2) is 0 Å². The van der Waals surface area contributed by atoms with E-state index in [4.69, 9.17) is 0 Å². The molecule has 0 unspecified atom stereocenters. The summed E-state index contributed by atoms with van der Waals surface area (Å²) in [5, 5.41) is 0. The van der Waals surface area contributed by atoms with E-state index in [-0.39, 0.29) is 0 Å². The second-order valence-electron chi connectivity index (χ2n) is 4.49. The second kappa shape index (κ2) is 5.87. The Kier molecular flexibility index (Phi) is 5.70. The van der Waals surface area contributed by atoms with Crippen LogP contribution in [0.4, 0.5) is 74.6 Å². The van der Waals surface area contributed by atoms with E-state index in [0.29, 0.717) is 0 Å². The third-order valence-corrected chi connectivity index (χ3v) is 2.99. The minimum absolute atomic E-state index is 1.37. The summed E-state index contributed by atoms with van der Waals surface area (Å²) >= 11 is 0. The van der Waals surface area contributed by atoms with Crippen LogP contribution in [0.5, 0.6) is 0 Å². The standard InChI is InChI=1S/C8F17P/c9-1(10,3(13,14)5(17,18)7(21,22)23)2(11,12)4(15,16)6(19,20)8(24,25)26. The van der Waals surface area contributed by atoms with E-state index in [2.05, 4.69) is 0 Å². The van der Waals surface area contributed by atoms with Crippen LogP contribution in [0.2, 0.25) is 0 Å². The molecule has 0 heterocycles. The average molecular weight is 450 g/mol. The highest BCUT2D eigenvalue weighted by Gasteiger charge is 2.95. The number of hydrogen-bond donors (Lipinski definition) is 0. The summed E-state index contributed by atoms with van der Waals surface area (Å²) in [6.45, 7) is 0. The molecule has 0 aliphatic heterocycles. The molecule has 0 bridgehead atoms. The fourth-order valence-corrected chi connectivity index (χ4v) is 1.30. The van der Waals surface area contributed by atoms with E-state index in [1.54, 1.807) is 0 Å². The van der Waals surface area contributed by atoms with Gasteiger partial charge in [-0.2, -0.15) is 74.6 Å². The molecule has 2 radical (unpaired) electrons. The average Bonchev–Trinajstić information content (AvgIpc) is 2.34. The Morgan fingerprint density at radius 1 is 0.308 bits per heavy atom. The monoisotopic (exact) mass is 450 g/mol. The quantitative estimate of drug-likeness (QED) is 0.326. The Morgan fingerprint density at radius 3 is 0.692 bits per heavy atom. The highest BCUT2D eigenvalue weighted by Crippen LogP contribution is 2.64. The number of rotatable bonds is 6. The van der Waals surface area contributed by atoms with Gasteiger partial charge in [-0.05, 0) is 0 Å². The highest BCUT2D eigenvalue weighted by molar-refractivity contribution is 7.18. The van der Waals surface area contributed by atoms with Crippen LogP contribution in [0.25, 0.3) is 0 Å². The van der Waals surface area contributed by atoms with Crippen molar-refractivity contribution in [1.29, 1.82) is 0 Å². The molecule has 0 saturated carbocycles. The Bertz CT molecular complexity index is 474. The molecule has 0 aromatic heterocycles. The molecule has 0 spiro atoms. The predicted molar refractivity (Wildman–Crippen MR) is 47.6 cm³/mol. The first-order valence-corrected chi connectivity index (χ1v) is 5.63. The number of halogens is 17. The molecule has 0 atom stereocenters. The van der Waals surface area contributed by atoms with Gasteiger partial charge in [0.05, 0.1) is 0 Å². The Hall–Kier alpha value is -0.760. The molecule has 156 valence electrons. The zero-order chi connectivity index (χ0) is 22.0. The van der Waals surface area contributed by atoms with Crippen molar-refractivity contribution < 1.29 is 74.6 Å². The summed E-state index contributed by atoms with van der Waals surface area (Å²) in [5.74, 6) is -49.7. The number of alkyl halides is 17. The molecular formula is C8F17P. The zero-order valence-electron chi connectivity index (χ0n) is 10.9. The van der Waals surface area contributed by atoms with Gasteiger partial charge in [0, 0.05) is 9.24 Å². The molecule has 0 saturated heterocycles. The highest BCUT2D eigenvalue weighted by atomic mass is 31.0. The molecule has 0 aliphatic rings. The summed E-state index contributed by atoms with van der Waals surface area (Å²) in [7, 11) is 1.37. The van der Waals surface area contributed by atoms with Crippen molar-refractivity contribution in [3.63, 3.8) is 0 Å². The van der Waals surface area contributed by atoms with Crippen molar-refractivity contribution >= 4 is 9.24 Å². The lowest BCUT2D eigenvalue weighted by Crippen LogP contribution is -2.74. The van der Waals surface area contributed by atoms with Gasteiger partial charge in [0.15, 0.2) is 0 Å². The van der Waals surface area contributed by atoms with E-state index >= 15 is 0 Å². The third-order valence-electron chi connectivity index (χ3n) is 2.71. The largest absolute Gasteiger partial charge is 0.460 e. The first-order valence-electron chi connectivity index (χ1n) is 5.19. The summed E-state index contributed by atoms with van der Waals surface area (Å²) in [6.07, 6.45) is -7.75. The van der Waals surface area contributed by atoms with Crippen LogP contribution in [-0.4, -0.2) is 47.4 Å². The first kappa shape index (κ1) is 25.2. The van der Waals surface area contributed by atoms with Crippen molar-refractivity contribution in [3.8, 4) is 0 Å². The van der Waals surface area contributed by atoms with Crippen molar-refractivity contribution in [2.45, 2.75) is 47.4 Å². The van der Waals surface area contributed by atoms with Crippen molar-refractivity contribution in [2.75, 3.05) is 0 Å². The molecule has 0 aromatic rings. The number of hydrogen-bond acceptors (Lipinski definition) is 0. The minimum atomic E-state index is -8.59. The fraction of sp³-hybridized carbons (Fsp3) is 1.00.